The molecule has 8 N–H and O–H groups in total. The molecule has 0 aliphatic heterocycles. The van der Waals surface area contributed by atoms with Crippen molar-refractivity contribution in [2.75, 3.05) is 14.2 Å². The maximum atomic E-state index is 9.88. The quantitative estimate of drug-likeness (QED) is 0.193. The molecule has 8 heteroatoms. The molecule has 0 unspecified atom stereocenters. The topological polar surface area (TPSA) is 149 Å². The maximum absolute atomic E-state index is 9.88. The highest BCUT2D eigenvalue weighted by molar-refractivity contribution is 6.09. The molecule has 100 valence electrons. The Hall–Kier alpha value is -2.03. The molecule has 18 heavy (non-hydrogen) atoms. The van der Waals surface area contributed by atoms with Gasteiger partial charge in [-0.1, -0.05) is 0 Å². The predicted molar refractivity (Wildman–Crippen MR) is 65.3 cm³/mol. The van der Waals surface area contributed by atoms with Crippen molar-refractivity contribution in [3.8, 4) is 17.2 Å². The van der Waals surface area contributed by atoms with Gasteiger partial charge in [0.25, 0.3) is 0 Å². The molecule has 0 aliphatic rings. The third-order valence-corrected chi connectivity index (χ3v) is 2.26. The van der Waals surface area contributed by atoms with E-state index >= 15 is 0 Å². The fraction of sp³-hybridized carbons (Fsp3) is 0.300. The van der Waals surface area contributed by atoms with Gasteiger partial charge in [-0.05, 0) is 0 Å². The first-order valence-electron chi connectivity index (χ1n) is 4.89. The van der Waals surface area contributed by atoms with Crippen molar-refractivity contribution in [3.63, 3.8) is 0 Å². The molecule has 0 radical (unpaired) electrons. The van der Waals surface area contributed by atoms with E-state index in [1.54, 1.807) is 0 Å². The molecule has 1 rings (SSSR count). The van der Waals surface area contributed by atoms with Crippen LogP contribution < -0.4 is 26.8 Å². The fourth-order valence-corrected chi connectivity index (χ4v) is 1.46. The van der Waals surface area contributed by atoms with Crippen molar-refractivity contribution in [1.29, 1.82) is 0 Å². The van der Waals surface area contributed by atoms with Gasteiger partial charge in [-0.3, -0.25) is 11.5 Å². The van der Waals surface area contributed by atoms with Gasteiger partial charge in [-0.2, -0.15) is 5.10 Å². The number of hydrogen-bond donors (Lipinski definition) is 5. The van der Waals surface area contributed by atoms with Gasteiger partial charge in [-0.15, -0.1) is 0 Å². The van der Waals surface area contributed by atoms with Crippen molar-refractivity contribution in [2.45, 2.75) is 5.85 Å². The number of methoxy groups -OCH3 is 2. The normalized spacial score (nSPS) is 12.4. The van der Waals surface area contributed by atoms with Crippen molar-refractivity contribution in [2.24, 2.45) is 22.4 Å². The number of aliphatic hydroxyl groups is 1. The molecule has 8 nitrogen and oxygen atoms in total. The maximum Gasteiger partial charge on any atom is 0.214 e. The Morgan fingerprint density at radius 3 is 2.28 bits per heavy atom. The summed E-state index contributed by atoms with van der Waals surface area (Å²) in [5.41, 5.74) is 10.3. The molecular weight excluding hydrogens is 240 g/mol. The van der Waals surface area contributed by atoms with Crippen LogP contribution in [0.1, 0.15) is 5.56 Å². The first-order valence-corrected chi connectivity index (χ1v) is 4.89. The predicted octanol–water partition coefficient (Wildman–Crippen LogP) is -1.36. The molecule has 0 saturated heterocycles. The largest absolute Gasteiger partial charge is 0.507 e. The van der Waals surface area contributed by atoms with Crippen LogP contribution in [0.3, 0.4) is 0 Å². The van der Waals surface area contributed by atoms with Crippen LogP contribution in [0.25, 0.3) is 0 Å². The monoisotopic (exact) mass is 256 g/mol. The second kappa shape index (κ2) is 5.08. The van der Waals surface area contributed by atoms with Gasteiger partial charge >= 0.3 is 0 Å². The summed E-state index contributed by atoms with van der Waals surface area (Å²) in [4.78, 5) is 0. The van der Waals surface area contributed by atoms with E-state index in [-0.39, 0.29) is 22.8 Å². The van der Waals surface area contributed by atoms with Crippen LogP contribution in [0.2, 0.25) is 0 Å². The third-order valence-electron chi connectivity index (χ3n) is 2.26. The third kappa shape index (κ3) is 2.62. The zero-order valence-electron chi connectivity index (χ0n) is 10.0. The average Bonchev–Trinajstić information content (AvgIpc) is 2.29. The molecule has 0 spiro atoms. The van der Waals surface area contributed by atoms with Gasteiger partial charge in [-0.25, -0.2) is 0 Å². The summed E-state index contributed by atoms with van der Waals surface area (Å²) in [5, 5.41) is 22.7. The van der Waals surface area contributed by atoms with Crippen LogP contribution in [-0.2, 0) is 0 Å². The standard InChI is InChI=1S/C10H16N4O4/c1-17-5-3-6(15)8(7(4-5)18-2)9(14-13)10(11,12)16/h3-4,15-16H,11-13H2,1-2H3/b14-9+. The van der Waals surface area contributed by atoms with E-state index in [0.29, 0.717) is 5.75 Å². The van der Waals surface area contributed by atoms with Gasteiger partial charge in [0.1, 0.15) is 23.0 Å². The number of phenols is 1. The summed E-state index contributed by atoms with van der Waals surface area (Å²) in [6.45, 7) is 0. The van der Waals surface area contributed by atoms with Gasteiger partial charge in [0.05, 0.1) is 19.8 Å². The van der Waals surface area contributed by atoms with Crippen LogP contribution in [0.5, 0.6) is 17.2 Å². The molecule has 0 saturated carbocycles. The number of rotatable bonds is 4. The number of nitrogens with zero attached hydrogens (tertiary/aromatic N) is 1. The van der Waals surface area contributed by atoms with Crippen molar-refractivity contribution in [3.05, 3.63) is 17.7 Å². The summed E-state index contributed by atoms with van der Waals surface area (Å²) in [5.74, 6) is 3.03. The van der Waals surface area contributed by atoms with Crippen molar-refractivity contribution in [1.82, 2.24) is 0 Å². The van der Waals surface area contributed by atoms with E-state index in [0.717, 1.165) is 0 Å². The lowest BCUT2D eigenvalue weighted by Crippen LogP contribution is -2.57. The first-order chi connectivity index (χ1) is 8.35. The number of ether oxygens (including phenoxy) is 2. The van der Waals surface area contributed by atoms with E-state index in [9.17, 15) is 10.2 Å². The van der Waals surface area contributed by atoms with E-state index in [2.05, 4.69) is 5.10 Å². The highest BCUT2D eigenvalue weighted by Gasteiger charge is 2.30. The van der Waals surface area contributed by atoms with E-state index < -0.39 is 5.85 Å². The molecule has 1 aromatic carbocycles. The molecule has 0 heterocycles. The minimum Gasteiger partial charge on any atom is -0.507 e. The lowest BCUT2D eigenvalue weighted by molar-refractivity contribution is 0.127. The van der Waals surface area contributed by atoms with Crippen LogP contribution in [0, 0.1) is 0 Å². The fourth-order valence-electron chi connectivity index (χ4n) is 1.46. The second-order valence-corrected chi connectivity index (χ2v) is 3.53. The van der Waals surface area contributed by atoms with Gasteiger partial charge < -0.3 is 25.5 Å². The summed E-state index contributed by atoms with van der Waals surface area (Å²) in [6.07, 6.45) is 0. The number of benzene rings is 1. The van der Waals surface area contributed by atoms with Gasteiger partial charge in [0, 0.05) is 12.1 Å². The molecular formula is C10H16N4O4. The summed E-state index contributed by atoms with van der Waals surface area (Å²) >= 11 is 0. The lowest BCUT2D eigenvalue weighted by Gasteiger charge is -2.21. The Bertz CT molecular complexity index is 468. The zero-order valence-corrected chi connectivity index (χ0v) is 10.0. The Labute approximate surface area is 104 Å². The SMILES string of the molecule is COc1cc(O)c(/C(=N\N)C(N)(N)O)c(OC)c1. The first kappa shape index (κ1) is 14.0. The average molecular weight is 256 g/mol. The lowest BCUT2D eigenvalue weighted by atomic mass is 10.0. The Kier molecular flexibility index (Phi) is 3.96. The summed E-state index contributed by atoms with van der Waals surface area (Å²) in [7, 11) is 2.78. The van der Waals surface area contributed by atoms with Crippen LogP contribution in [0.4, 0.5) is 0 Å². The second-order valence-electron chi connectivity index (χ2n) is 3.53. The summed E-state index contributed by atoms with van der Waals surface area (Å²) in [6, 6.07) is 2.75. The van der Waals surface area contributed by atoms with E-state index in [1.807, 2.05) is 0 Å². The highest BCUT2D eigenvalue weighted by atomic mass is 16.5. The van der Waals surface area contributed by atoms with Crippen molar-refractivity contribution < 1.29 is 19.7 Å². The molecule has 0 atom stereocenters. The molecule has 0 aromatic heterocycles. The Morgan fingerprint density at radius 1 is 1.28 bits per heavy atom. The van der Waals surface area contributed by atoms with E-state index in [4.69, 9.17) is 26.8 Å². The van der Waals surface area contributed by atoms with Crippen LogP contribution >= 0.6 is 0 Å². The molecule has 0 bridgehead atoms. The minimum absolute atomic E-state index is 0.00620. The number of hydrogen-bond acceptors (Lipinski definition) is 8. The minimum atomic E-state index is -2.31. The smallest absolute Gasteiger partial charge is 0.214 e. The van der Waals surface area contributed by atoms with Crippen molar-refractivity contribution >= 4 is 5.71 Å². The molecule has 0 fully saturated rings. The molecule has 0 amide bonds. The molecule has 1 aromatic rings. The number of hydrazone groups is 1. The highest BCUT2D eigenvalue weighted by Crippen LogP contribution is 2.34. The number of aromatic hydroxyl groups is 1. The number of nitrogens with two attached hydrogens (primary N) is 3. The molecule has 0 aliphatic carbocycles. The number of phenolic OH excluding ortho intramolecular Hbond substituents is 1. The Balaban J connectivity index is 3.49. The van der Waals surface area contributed by atoms with Crippen LogP contribution in [-0.4, -0.2) is 36.0 Å². The van der Waals surface area contributed by atoms with Gasteiger partial charge in [0.15, 0.2) is 0 Å². The van der Waals surface area contributed by atoms with Crippen LogP contribution in [0.15, 0.2) is 17.2 Å². The zero-order chi connectivity index (χ0) is 13.9. The summed E-state index contributed by atoms with van der Waals surface area (Å²) < 4.78 is 10.0. The van der Waals surface area contributed by atoms with Gasteiger partial charge in [0.2, 0.25) is 5.85 Å². The van der Waals surface area contributed by atoms with E-state index in [1.165, 1.54) is 26.4 Å². The Morgan fingerprint density at radius 2 is 1.89 bits per heavy atom.